The van der Waals surface area contributed by atoms with Gasteiger partial charge in [0.25, 0.3) is 0 Å². The Morgan fingerprint density at radius 1 is 0.416 bits per heavy atom. The zero-order valence-corrected chi connectivity index (χ0v) is 71.6. The van der Waals surface area contributed by atoms with Crippen LogP contribution in [0.3, 0.4) is 0 Å². The minimum absolute atomic E-state index is 0.0152. The molecule has 0 saturated carbocycles. The Labute approximate surface area is 721 Å². The molecule has 0 spiro atoms. The molecule has 0 aromatic carbocycles. The first-order valence-corrected chi connectivity index (χ1v) is 42.6. The summed E-state index contributed by atoms with van der Waals surface area (Å²) < 4.78 is 97.3. The molecule has 0 aliphatic carbocycles. The number of aliphatic hydroxyl groups is 12. The molecular formula is C73H125N19O32P+. The first-order valence-electron chi connectivity index (χ1n) is 41.5. The van der Waals surface area contributed by atoms with Crippen molar-refractivity contribution in [3.05, 3.63) is 47.6 Å². The van der Waals surface area contributed by atoms with E-state index in [1.165, 1.54) is 34.8 Å². The zero-order chi connectivity index (χ0) is 90.3. The van der Waals surface area contributed by atoms with E-state index in [1.807, 2.05) is 4.90 Å². The van der Waals surface area contributed by atoms with Crippen molar-refractivity contribution >= 4 is 37.8 Å². The van der Waals surface area contributed by atoms with E-state index in [1.54, 1.807) is 43.5 Å². The number of nitrogens with zero attached hydrogens (tertiary/aromatic N) is 14. The lowest BCUT2D eigenvalue weighted by Crippen LogP contribution is -2.64. The van der Waals surface area contributed by atoms with Gasteiger partial charge in [-0.15, -0.1) is 29.4 Å². The first kappa shape index (κ1) is 103. The quantitative estimate of drug-likeness (QED) is 0.0144. The SMILES string of the molecule is CO[P+](=O)OCCCCCCNC(=O)[C@H](CCCCN(Cc1cn(CCOCCO[C@@H]2O[C@H](CO)[C@H](O)[C@H](O)[C@H]2NC(C)=O)nn1)Cc1cn(CCOCCO[C@@H]2O[C@H](CO)[C@H](O)[C@H](O)[C@H]2NC(C)=O)nn1)N(Cc1cn(CCOCCO[C@@H]2O[C@H](CO)[C@H](O)[C@H](O)[C@H]2NC(C)=O)nn1)Cc1cn(CCOCCO[C@@H]2O[C@H](CO)[C@H](O)[C@H](O)[C@H]2NC(C)=O)nn1. The number of amides is 5. The summed E-state index contributed by atoms with van der Waals surface area (Å²) in [5.41, 5.74) is 2.08. The molecule has 708 valence electrons. The topological polar surface area (TPSA) is 664 Å². The van der Waals surface area contributed by atoms with Gasteiger partial charge in [-0.05, 0) is 32.2 Å². The average molecular weight is 1810 g/mol. The average Bonchev–Trinajstić information content (AvgIpc) is 1.77. The minimum Gasteiger partial charge on any atom is -0.394 e. The molecule has 4 saturated heterocycles. The van der Waals surface area contributed by atoms with Gasteiger partial charge in [-0.25, -0.2) is 18.7 Å². The highest BCUT2D eigenvalue weighted by Gasteiger charge is 2.49. The Morgan fingerprint density at radius 3 is 1.03 bits per heavy atom. The Morgan fingerprint density at radius 2 is 0.728 bits per heavy atom. The van der Waals surface area contributed by atoms with E-state index < -0.39 is 187 Å². The summed E-state index contributed by atoms with van der Waals surface area (Å²) in [6.07, 6.45) is -10.7. The minimum atomic E-state index is -2.23. The van der Waals surface area contributed by atoms with Crippen LogP contribution < -0.4 is 26.6 Å². The number of rotatable bonds is 60. The Hall–Kier alpha value is -7.11. The number of aliphatic hydroxyl groups excluding tert-OH is 12. The van der Waals surface area contributed by atoms with Crippen LogP contribution >= 0.6 is 8.25 Å². The smallest absolute Gasteiger partial charge is 0.394 e. The second-order valence-corrected chi connectivity index (χ2v) is 31.2. The fourth-order valence-electron chi connectivity index (χ4n) is 14.1. The van der Waals surface area contributed by atoms with Crippen molar-refractivity contribution < 1.29 is 156 Å². The second-order valence-electron chi connectivity index (χ2n) is 30.1. The van der Waals surface area contributed by atoms with Crippen LogP contribution in [-0.4, -0.2) is 422 Å². The number of carbonyl (C=O) groups excluding carboxylic acids is 5. The van der Waals surface area contributed by atoms with Crippen molar-refractivity contribution in [1.29, 1.82) is 0 Å². The molecule has 4 aliphatic heterocycles. The Kier molecular flexibility index (Phi) is 45.5. The number of ether oxygens (including phenoxy) is 12. The number of aromatic nitrogens is 12. The molecule has 0 radical (unpaired) electrons. The molecule has 4 fully saturated rings. The molecule has 8 rings (SSSR count). The van der Waals surface area contributed by atoms with Gasteiger partial charge in [-0.1, -0.05) is 40.1 Å². The van der Waals surface area contributed by atoms with Crippen LogP contribution in [0, 0.1) is 0 Å². The summed E-state index contributed by atoms with van der Waals surface area (Å²) in [6, 6.07) is -5.41. The van der Waals surface area contributed by atoms with E-state index in [9.17, 15) is 85.0 Å². The second kappa shape index (κ2) is 55.0. The van der Waals surface area contributed by atoms with Crippen molar-refractivity contribution in [1.82, 2.24) is 96.4 Å². The number of unbranched alkanes of at least 4 members (excludes halogenated alkanes) is 4. The van der Waals surface area contributed by atoms with Crippen LogP contribution in [-0.2, 0) is 147 Å². The number of hydrogen-bond acceptors (Lipinski definition) is 42. The van der Waals surface area contributed by atoms with E-state index in [-0.39, 0.29) is 151 Å². The van der Waals surface area contributed by atoms with Gasteiger partial charge >= 0.3 is 8.25 Å². The van der Waals surface area contributed by atoms with E-state index >= 15 is 4.79 Å². The molecule has 5 amide bonds. The maximum absolute atomic E-state index is 15.1. The molecular weight excluding hydrogens is 1690 g/mol. The molecule has 4 aliphatic rings. The van der Waals surface area contributed by atoms with Crippen molar-refractivity contribution in [2.24, 2.45) is 0 Å². The fourth-order valence-corrected chi connectivity index (χ4v) is 14.5. The third-order valence-corrected chi connectivity index (χ3v) is 21.1. The van der Waals surface area contributed by atoms with Gasteiger partial charge in [0, 0.05) is 89.8 Å². The molecule has 1 unspecified atom stereocenters. The summed E-state index contributed by atoms with van der Waals surface area (Å²) in [4.78, 5) is 67.0. The third-order valence-electron chi connectivity index (χ3n) is 20.4. The summed E-state index contributed by atoms with van der Waals surface area (Å²) >= 11 is 0. The van der Waals surface area contributed by atoms with Gasteiger partial charge in [0.05, 0.1) is 168 Å². The largest absolute Gasteiger partial charge is 0.697 e. The number of nitrogens with one attached hydrogen (secondary N) is 5. The first-order chi connectivity index (χ1) is 60.2. The van der Waals surface area contributed by atoms with Crippen LogP contribution in [0.15, 0.2) is 24.8 Å². The highest BCUT2D eigenvalue weighted by molar-refractivity contribution is 7.33. The van der Waals surface area contributed by atoms with Gasteiger partial charge in [-0.3, -0.25) is 33.8 Å². The molecule has 17 N–H and O–H groups in total. The molecule has 22 atom stereocenters. The number of hydrogen-bond donors (Lipinski definition) is 17. The summed E-state index contributed by atoms with van der Waals surface area (Å²) in [6.45, 7) is 5.31. The molecule has 125 heavy (non-hydrogen) atoms. The fraction of sp³-hybridized carbons (Fsp3) is 0.822. The van der Waals surface area contributed by atoms with Crippen LogP contribution in [0.4, 0.5) is 0 Å². The highest BCUT2D eigenvalue weighted by atomic mass is 31.1. The normalized spacial score (nSPS) is 26.9. The molecule has 4 aromatic rings. The lowest BCUT2D eigenvalue weighted by Gasteiger charge is -2.42. The Balaban J connectivity index is 0.962. The summed E-state index contributed by atoms with van der Waals surface area (Å²) in [7, 11) is -0.941. The van der Waals surface area contributed by atoms with Crippen molar-refractivity contribution in [2.75, 3.05) is 133 Å². The highest BCUT2D eigenvalue weighted by Crippen LogP contribution is 2.28. The van der Waals surface area contributed by atoms with Gasteiger partial charge < -0.3 is 145 Å². The van der Waals surface area contributed by atoms with Crippen LogP contribution in [0.1, 0.15) is 95.4 Å². The van der Waals surface area contributed by atoms with E-state index in [0.717, 1.165) is 0 Å². The zero-order valence-electron chi connectivity index (χ0n) is 70.7. The predicted molar refractivity (Wildman–Crippen MR) is 422 cm³/mol. The lowest BCUT2D eigenvalue weighted by atomic mass is 9.97. The molecule has 52 heteroatoms. The van der Waals surface area contributed by atoms with Crippen LogP contribution in [0.2, 0.25) is 0 Å². The molecule has 51 nitrogen and oxygen atoms in total. The summed E-state index contributed by atoms with van der Waals surface area (Å²) in [5, 5.41) is 172. The molecule has 4 aromatic heterocycles. The van der Waals surface area contributed by atoms with E-state index in [2.05, 4.69) is 72.7 Å². The maximum Gasteiger partial charge on any atom is 0.697 e. The number of carbonyl (C=O) groups is 5. The van der Waals surface area contributed by atoms with Gasteiger partial charge in [0.15, 0.2) is 25.2 Å². The molecule has 0 bridgehead atoms. The van der Waals surface area contributed by atoms with E-state index in [4.69, 9.17) is 65.9 Å². The van der Waals surface area contributed by atoms with Crippen LogP contribution in [0.25, 0.3) is 0 Å². The molecule has 8 heterocycles. The standard InChI is InChI=1S/C73H124N19O32P/c1-44(97)75-57-65(105)61(101)53(40-93)121-70(57)116-28-24-112-20-15-89-36-48(79-83-89)32-87(33-49-37-90(84-80-49)16-21-113-25-29-117-71-58(76-45(2)98)66(106)62(102)54(41-94)122-71)14-10-8-12-52(69(109)74-13-9-6-7-11-19-120-125(110)111-5)88(34-50-38-91(85-81-50)17-22-114-26-30-118-72-59(77-46(3)99)67(107)63(103)55(42-95)123-72)35-51-39-92(86-82-51)18-23-115-27-31-119-73-60(78-47(4)100)68(108)64(104)56(43-96)124-73/h36-39,52-68,70-73,93-96,101-108H,6-35,40-43H2,1-5H3,(H4-,74,75,76,77,78,97,98,99,100,109)/p+1/t52-,53+,54+,55+,56+,57+,58+,59+,60+,61-,62-,63-,64-,65+,66+,67+,68+,70+,71+,72+,73+/m0/s1. The van der Waals surface area contributed by atoms with Crippen molar-refractivity contribution in [3.63, 3.8) is 0 Å². The van der Waals surface area contributed by atoms with Crippen molar-refractivity contribution in [2.45, 2.75) is 254 Å². The van der Waals surface area contributed by atoms with Gasteiger partial charge in [0.1, 0.15) is 104 Å². The van der Waals surface area contributed by atoms with Gasteiger partial charge in [0.2, 0.25) is 29.5 Å². The van der Waals surface area contributed by atoms with Crippen molar-refractivity contribution in [3.8, 4) is 0 Å². The third kappa shape index (κ3) is 34.0. The maximum atomic E-state index is 15.1. The Bertz CT molecular complexity index is 3590. The van der Waals surface area contributed by atoms with E-state index in [0.29, 0.717) is 74.4 Å². The summed E-state index contributed by atoms with van der Waals surface area (Å²) in [5.74, 6) is -2.34. The lowest BCUT2D eigenvalue weighted by molar-refractivity contribution is -0.272. The van der Waals surface area contributed by atoms with Crippen LogP contribution in [0.5, 0.6) is 0 Å². The monoisotopic (exact) mass is 1810 g/mol. The predicted octanol–water partition coefficient (Wildman–Crippen LogP) is -8.80. The van der Waals surface area contributed by atoms with Gasteiger partial charge in [-0.2, -0.15) is 0 Å².